The third kappa shape index (κ3) is 19.9. The lowest BCUT2D eigenvalue weighted by Crippen LogP contribution is -2.15. The van der Waals surface area contributed by atoms with Gasteiger partial charge in [-0.25, -0.2) is 4.79 Å². The maximum absolute atomic E-state index is 11.7. The third-order valence-corrected chi connectivity index (χ3v) is 5.06. The van der Waals surface area contributed by atoms with E-state index in [1.165, 1.54) is 32.1 Å². The molecule has 0 atom stereocenters. The first-order chi connectivity index (χ1) is 17.2. The van der Waals surface area contributed by atoms with Crippen molar-refractivity contribution in [2.45, 2.75) is 58.3 Å². The predicted molar refractivity (Wildman–Crippen MR) is 134 cm³/mol. The predicted octanol–water partition coefficient (Wildman–Crippen LogP) is 4.59. The number of benzene rings is 1. The third-order valence-electron chi connectivity index (χ3n) is 5.06. The summed E-state index contributed by atoms with van der Waals surface area (Å²) in [5, 5.41) is 0. The minimum absolute atomic E-state index is 0.146. The van der Waals surface area contributed by atoms with E-state index in [1.54, 1.807) is 24.3 Å². The Balaban J connectivity index is 1.73. The van der Waals surface area contributed by atoms with Crippen LogP contribution in [0.15, 0.2) is 30.3 Å². The molecule has 0 saturated carbocycles. The molecule has 0 aromatic heterocycles. The number of carbonyl (C=O) groups excluding carboxylic acids is 2. The van der Waals surface area contributed by atoms with E-state index in [4.69, 9.17) is 28.4 Å². The molecule has 0 aliphatic rings. The van der Waals surface area contributed by atoms with Crippen molar-refractivity contribution >= 4 is 11.9 Å². The molecule has 0 aliphatic heterocycles. The lowest BCUT2D eigenvalue weighted by molar-refractivity contribution is -0.145. The summed E-state index contributed by atoms with van der Waals surface area (Å²) in [6.45, 7) is 6.08. The first-order valence-corrected chi connectivity index (χ1v) is 12.9. The largest absolute Gasteiger partial charge is 0.463 e. The molecule has 0 saturated heterocycles. The molecule has 0 bridgehead atoms. The monoisotopic (exact) mass is 496 g/mol. The van der Waals surface area contributed by atoms with E-state index in [2.05, 4.69) is 6.92 Å². The number of ether oxygens (including phenoxy) is 6. The Bertz CT molecular complexity index is 623. The molecule has 0 fully saturated rings. The zero-order chi connectivity index (χ0) is 25.2. The fraction of sp³-hybridized carbons (Fsp3) is 0.704. The SMILES string of the molecule is CCCCCCCCCC(=O)OCCOCCOCCOCCOCCOC(=O)c1ccccc1. The Kier molecular flexibility index (Phi) is 21.0. The summed E-state index contributed by atoms with van der Waals surface area (Å²) in [4.78, 5) is 23.4. The molecule has 0 amide bonds. The minimum atomic E-state index is -0.355. The van der Waals surface area contributed by atoms with E-state index in [1.807, 2.05) is 6.07 Å². The zero-order valence-electron chi connectivity index (χ0n) is 21.4. The standard InChI is InChI=1S/C27H44O8/c1-2-3-4-5-6-7-11-14-26(28)34-23-21-32-19-17-30-15-16-31-18-20-33-22-24-35-27(29)25-12-9-8-10-13-25/h8-10,12-13H,2-7,11,14-24H2,1H3. The van der Waals surface area contributed by atoms with E-state index in [0.717, 1.165) is 12.8 Å². The van der Waals surface area contributed by atoms with Crippen molar-refractivity contribution in [1.29, 1.82) is 0 Å². The topological polar surface area (TPSA) is 89.5 Å². The van der Waals surface area contributed by atoms with Crippen LogP contribution < -0.4 is 0 Å². The number of hydrogen-bond acceptors (Lipinski definition) is 8. The van der Waals surface area contributed by atoms with Crippen LogP contribution in [0, 0.1) is 0 Å². The summed E-state index contributed by atoms with van der Waals surface area (Å²) in [6, 6.07) is 8.85. The van der Waals surface area contributed by atoms with Crippen LogP contribution in [0.1, 0.15) is 68.6 Å². The summed E-state index contributed by atoms with van der Waals surface area (Å²) in [6.07, 6.45) is 8.79. The van der Waals surface area contributed by atoms with Gasteiger partial charge in [-0.05, 0) is 18.6 Å². The van der Waals surface area contributed by atoms with Crippen molar-refractivity contribution in [1.82, 2.24) is 0 Å². The molecule has 1 aromatic carbocycles. The van der Waals surface area contributed by atoms with Crippen molar-refractivity contribution in [2.24, 2.45) is 0 Å². The molecule has 0 N–H and O–H groups in total. The van der Waals surface area contributed by atoms with Crippen LogP contribution in [0.5, 0.6) is 0 Å². The Hall–Kier alpha value is -2.00. The van der Waals surface area contributed by atoms with Crippen molar-refractivity contribution in [3.63, 3.8) is 0 Å². The van der Waals surface area contributed by atoms with Crippen LogP contribution in [-0.4, -0.2) is 78.0 Å². The number of rotatable bonds is 24. The lowest BCUT2D eigenvalue weighted by atomic mass is 10.1. The Morgan fingerprint density at radius 1 is 0.571 bits per heavy atom. The molecule has 200 valence electrons. The van der Waals surface area contributed by atoms with Crippen LogP contribution >= 0.6 is 0 Å². The lowest BCUT2D eigenvalue weighted by Gasteiger charge is -2.08. The highest BCUT2D eigenvalue weighted by Gasteiger charge is 2.05. The molecule has 0 unspecified atom stereocenters. The fourth-order valence-corrected chi connectivity index (χ4v) is 3.13. The number of hydrogen-bond donors (Lipinski definition) is 0. The van der Waals surface area contributed by atoms with Crippen LogP contribution in [0.2, 0.25) is 0 Å². The quantitative estimate of drug-likeness (QED) is 0.152. The zero-order valence-corrected chi connectivity index (χ0v) is 21.4. The van der Waals surface area contributed by atoms with Gasteiger partial charge in [0.2, 0.25) is 0 Å². The van der Waals surface area contributed by atoms with Gasteiger partial charge in [-0.1, -0.05) is 63.6 Å². The van der Waals surface area contributed by atoms with Crippen LogP contribution in [0.25, 0.3) is 0 Å². The summed E-state index contributed by atoms with van der Waals surface area (Å²) in [5.41, 5.74) is 0.527. The van der Waals surface area contributed by atoms with Gasteiger partial charge in [-0.3, -0.25) is 4.79 Å². The molecule has 0 heterocycles. The molecule has 1 rings (SSSR count). The van der Waals surface area contributed by atoms with E-state index in [9.17, 15) is 9.59 Å². The molecule has 8 heteroatoms. The van der Waals surface area contributed by atoms with Gasteiger partial charge in [0.1, 0.15) is 13.2 Å². The summed E-state index contributed by atoms with van der Waals surface area (Å²) >= 11 is 0. The van der Waals surface area contributed by atoms with Gasteiger partial charge >= 0.3 is 11.9 Å². The van der Waals surface area contributed by atoms with Gasteiger partial charge < -0.3 is 28.4 Å². The highest BCUT2D eigenvalue weighted by atomic mass is 16.6. The fourth-order valence-electron chi connectivity index (χ4n) is 3.13. The van der Waals surface area contributed by atoms with E-state index in [0.29, 0.717) is 64.8 Å². The average molecular weight is 497 g/mol. The molecule has 35 heavy (non-hydrogen) atoms. The number of carbonyl (C=O) groups is 2. The first kappa shape index (κ1) is 31.0. The number of unbranched alkanes of at least 4 members (excludes halogenated alkanes) is 6. The van der Waals surface area contributed by atoms with E-state index in [-0.39, 0.29) is 25.2 Å². The van der Waals surface area contributed by atoms with Crippen LogP contribution in [-0.2, 0) is 33.2 Å². The van der Waals surface area contributed by atoms with E-state index >= 15 is 0 Å². The number of esters is 2. The Morgan fingerprint density at radius 3 is 1.57 bits per heavy atom. The second kappa shape index (κ2) is 23.7. The summed E-state index contributed by atoms with van der Waals surface area (Å²) in [7, 11) is 0. The molecule has 0 aliphatic carbocycles. The Labute approximate surface area is 210 Å². The Morgan fingerprint density at radius 2 is 1.03 bits per heavy atom. The minimum Gasteiger partial charge on any atom is -0.463 e. The van der Waals surface area contributed by atoms with Gasteiger partial charge in [-0.2, -0.15) is 0 Å². The molecule has 0 radical (unpaired) electrons. The maximum Gasteiger partial charge on any atom is 0.338 e. The van der Waals surface area contributed by atoms with Crippen molar-refractivity contribution in [3.05, 3.63) is 35.9 Å². The summed E-state index contributed by atoms with van der Waals surface area (Å²) < 4.78 is 31.9. The van der Waals surface area contributed by atoms with Crippen molar-refractivity contribution in [2.75, 3.05) is 66.1 Å². The van der Waals surface area contributed by atoms with Crippen LogP contribution in [0.4, 0.5) is 0 Å². The highest BCUT2D eigenvalue weighted by molar-refractivity contribution is 5.89. The first-order valence-electron chi connectivity index (χ1n) is 12.9. The van der Waals surface area contributed by atoms with Gasteiger partial charge in [0, 0.05) is 6.42 Å². The van der Waals surface area contributed by atoms with Crippen molar-refractivity contribution < 1.29 is 38.0 Å². The second-order valence-electron chi connectivity index (χ2n) is 8.04. The smallest absolute Gasteiger partial charge is 0.338 e. The van der Waals surface area contributed by atoms with Gasteiger partial charge in [-0.15, -0.1) is 0 Å². The maximum atomic E-state index is 11.7. The highest BCUT2D eigenvalue weighted by Crippen LogP contribution is 2.08. The van der Waals surface area contributed by atoms with Gasteiger partial charge in [0.15, 0.2) is 0 Å². The second-order valence-corrected chi connectivity index (χ2v) is 8.04. The summed E-state index contributed by atoms with van der Waals surface area (Å²) in [5.74, 6) is -0.501. The van der Waals surface area contributed by atoms with Crippen LogP contribution in [0.3, 0.4) is 0 Å². The van der Waals surface area contributed by atoms with E-state index < -0.39 is 0 Å². The van der Waals surface area contributed by atoms with Crippen molar-refractivity contribution in [3.8, 4) is 0 Å². The molecule has 8 nitrogen and oxygen atoms in total. The molecule has 0 spiro atoms. The van der Waals surface area contributed by atoms with Gasteiger partial charge in [0.25, 0.3) is 0 Å². The molecule has 1 aromatic rings. The molecular weight excluding hydrogens is 452 g/mol. The normalized spacial score (nSPS) is 10.9. The average Bonchev–Trinajstić information content (AvgIpc) is 2.88. The van der Waals surface area contributed by atoms with Gasteiger partial charge in [0.05, 0.1) is 58.4 Å². The molecular formula is C27H44O8.